The molecule has 5 aromatic rings. The highest BCUT2D eigenvalue weighted by Crippen LogP contribution is 2.37. The first-order chi connectivity index (χ1) is 29.6. The molecule has 0 unspecified atom stereocenters. The molecule has 61 heavy (non-hydrogen) atoms. The minimum Gasteiger partial charge on any atom is -0.508 e. The second-order valence-electron chi connectivity index (χ2n) is 17.1. The number of aromatic hydroxyl groups is 2. The van der Waals surface area contributed by atoms with Crippen LogP contribution in [0.3, 0.4) is 0 Å². The monoisotopic (exact) mass is 846 g/mol. The van der Waals surface area contributed by atoms with Gasteiger partial charge in [0.1, 0.15) is 11.5 Å². The number of amides is 2. The fourth-order valence-corrected chi connectivity index (χ4v) is 10.3. The maximum atomic E-state index is 13.9. The lowest BCUT2D eigenvalue weighted by atomic mass is 9.95. The van der Waals surface area contributed by atoms with Crippen LogP contribution in [0.4, 0.5) is 11.8 Å². The van der Waals surface area contributed by atoms with Gasteiger partial charge in [0, 0.05) is 94.7 Å². The van der Waals surface area contributed by atoms with Gasteiger partial charge in [-0.25, -0.2) is 19.9 Å². The largest absolute Gasteiger partial charge is 0.508 e. The Bertz CT molecular complexity index is 2410. The van der Waals surface area contributed by atoms with Crippen molar-refractivity contribution in [1.29, 1.82) is 0 Å². The average molecular weight is 847 g/mol. The van der Waals surface area contributed by atoms with Gasteiger partial charge in [-0.3, -0.25) is 19.4 Å². The summed E-state index contributed by atoms with van der Waals surface area (Å²) in [4.78, 5) is 57.9. The first-order valence-corrected chi connectivity index (χ1v) is 22.3. The number of rotatable bonds is 9. The van der Waals surface area contributed by atoms with Crippen LogP contribution in [0.5, 0.6) is 11.5 Å². The van der Waals surface area contributed by atoms with Gasteiger partial charge in [-0.1, -0.05) is 32.0 Å². The number of carbonyl (C=O) groups is 2. The van der Waals surface area contributed by atoms with Gasteiger partial charge >= 0.3 is 0 Å². The number of nitrogens with two attached hydrogens (primary N) is 1. The molecule has 4 aliphatic rings. The van der Waals surface area contributed by atoms with Crippen LogP contribution in [0.1, 0.15) is 76.5 Å². The summed E-state index contributed by atoms with van der Waals surface area (Å²) in [5.74, 6) is 1.59. The Kier molecular flexibility index (Phi) is 11.8. The van der Waals surface area contributed by atoms with Gasteiger partial charge < -0.3 is 35.4 Å². The van der Waals surface area contributed by atoms with Crippen LogP contribution in [0.25, 0.3) is 21.6 Å². The summed E-state index contributed by atoms with van der Waals surface area (Å²) >= 11 is 1.75. The molecular weight excluding hydrogens is 793 g/mol. The maximum Gasteiger partial charge on any atom is 0.258 e. The molecule has 7 heterocycles. The second-order valence-corrected chi connectivity index (χ2v) is 18.2. The van der Waals surface area contributed by atoms with E-state index in [0.29, 0.717) is 37.7 Å². The van der Waals surface area contributed by atoms with E-state index in [1.54, 1.807) is 34.7 Å². The number of piperidine rings is 1. The van der Waals surface area contributed by atoms with Gasteiger partial charge in [0.05, 0.1) is 34.6 Å². The first kappa shape index (κ1) is 41.0. The zero-order chi connectivity index (χ0) is 42.2. The molecule has 9 rings (SSSR count). The van der Waals surface area contributed by atoms with Gasteiger partial charge in [0.25, 0.3) is 5.91 Å². The van der Waals surface area contributed by atoms with E-state index in [1.165, 1.54) is 16.5 Å². The summed E-state index contributed by atoms with van der Waals surface area (Å²) in [6, 6.07) is 11.5. The minimum atomic E-state index is -0.244. The van der Waals surface area contributed by atoms with Crippen molar-refractivity contribution in [1.82, 2.24) is 39.5 Å². The summed E-state index contributed by atoms with van der Waals surface area (Å²) < 4.78 is 6.71. The summed E-state index contributed by atoms with van der Waals surface area (Å²) in [7, 11) is 0. The van der Waals surface area contributed by atoms with Gasteiger partial charge in [0.15, 0.2) is 11.6 Å². The number of hydrogen-bond acceptors (Lipinski definition) is 14. The number of likely N-dealkylation sites (tertiary alicyclic amines) is 1. The molecule has 0 saturated carbocycles. The van der Waals surface area contributed by atoms with Gasteiger partial charge in [-0.05, 0) is 72.7 Å². The standard InChI is InChI=1S/C45H54N10O5S/c1-28(2)35-20-36(39(57)21-38(35)56)44(59)55-25-31-5-4-29(18-32(31)26-55)24-51-8-3-9-54(13-12-51)43(58)30-6-10-52(11-7-30)27-34-19-37-40(61-34)42(53-14-16-60-17-15-53)50-41(49-37)33-22-47-45(46)48-23-33/h4-5,18-23,28,30,56-57H,3,6-17,24-27H2,1-2H3,(H2,46,47,48). The zero-order valence-electron chi connectivity index (χ0n) is 34.9. The quantitative estimate of drug-likeness (QED) is 0.177. The lowest BCUT2D eigenvalue weighted by Crippen LogP contribution is -2.43. The van der Waals surface area contributed by atoms with Crippen LogP contribution < -0.4 is 10.6 Å². The maximum absolute atomic E-state index is 13.9. The lowest BCUT2D eigenvalue weighted by molar-refractivity contribution is -0.137. The molecular formula is C45H54N10O5S. The van der Waals surface area contributed by atoms with E-state index < -0.39 is 0 Å². The van der Waals surface area contributed by atoms with E-state index in [9.17, 15) is 19.8 Å². The Hall–Kier alpha value is -5.42. The van der Waals surface area contributed by atoms with Gasteiger partial charge in [-0.2, -0.15) is 0 Å². The molecule has 0 atom stereocenters. The molecule has 0 bridgehead atoms. The molecule has 15 nitrogen and oxygen atoms in total. The predicted molar refractivity (Wildman–Crippen MR) is 234 cm³/mol. The molecule has 4 N–H and O–H groups in total. The van der Waals surface area contributed by atoms with Crippen molar-refractivity contribution in [2.45, 2.75) is 65.2 Å². The smallest absolute Gasteiger partial charge is 0.258 e. The number of benzene rings is 2. The molecule has 16 heteroatoms. The normalized spacial score (nSPS) is 18.2. The molecule has 0 radical (unpaired) electrons. The van der Waals surface area contributed by atoms with Crippen molar-refractivity contribution in [2.24, 2.45) is 5.92 Å². The fourth-order valence-electron chi connectivity index (χ4n) is 9.13. The average Bonchev–Trinajstić information content (AvgIpc) is 3.80. The molecule has 4 aliphatic heterocycles. The van der Waals surface area contributed by atoms with Crippen LogP contribution in [0, 0.1) is 5.92 Å². The number of fused-ring (bicyclic) bond motifs is 2. The second kappa shape index (κ2) is 17.5. The zero-order valence-corrected chi connectivity index (χ0v) is 35.7. The molecule has 2 aromatic carbocycles. The van der Waals surface area contributed by atoms with Crippen molar-refractivity contribution < 1.29 is 24.5 Å². The van der Waals surface area contributed by atoms with E-state index in [-0.39, 0.29) is 46.7 Å². The molecule has 320 valence electrons. The SMILES string of the molecule is CC(C)c1cc(C(=O)N2Cc3ccc(CN4CCCN(C(=O)C5CCN(Cc6cc7nc(-c8cnc(N)nc8)nc(N8CCOCC8)c7s6)CC5)CC4)cc3C2)c(O)cc1O. The van der Waals surface area contributed by atoms with Crippen LogP contribution in [0.15, 0.2) is 48.8 Å². The highest BCUT2D eigenvalue weighted by atomic mass is 32.1. The molecule has 3 aromatic heterocycles. The Morgan fingerprint density at radius 2 is 1.59 bits per heavy atom. The van der Waals surface area contributed by atoms with E-state index in [2.05, 4.69) is 53.8 Å². The third-order valence-corrected chi connectivity index (χ3v) is 13.7. The highest BCUT2D eigenvalue weighted by Gasteiger charge is 2.31. The summed E-state index contributed by atoms with van der Waals surface area (Å²) in [6.07, 6.45) is 5.97. The molecule has 3 saturated heterocycles. The van der Waals surface area contributed by atoms with E-state index in [4.69, 9.17) is 20.4 Å². The number of phenolic OH excluding ortho intramolecular Hbond substituents is 2. The van der Waals surface area contributed by atoms with E-state index in [1.807, 2.05) is 13.8 Å². The van der Waals surface area contributed by atoms with E-state index in [0.717, 1.165) is 117 Å². The number of anilines is 2. The number of nitrogens with zero attached hydrogens (tertiary/aromatic N) is 9. The predicted octanol–water partition coefficient (Wildman–Crippen LogP) is 5.20. The first-order valence-electron chi connectivity index (χ1n) is 21.5. The van der Waals surface area contributed by atoms with Crippen molar-refractivity contribution in [3.8, 4) is 22.9 Å². The Morgan fingerprint density at radius 1 is 0.836 bits per heavy atom. The molecule has 3 fully saturated rings. The number of carbonyl (C=O) groups excluding carboxylic acids is 2. The highest BCUT2D eigenvalue weighted by molar-refractivity contribution is 7.19. The summed E-state index contributed by atoms with van der Waals surface area (Å²) in [5.41, 5.74) is 11.6. The third kappa shape index (κ3) is 8.85. The molecule has 0 spiro atoms. The minimum absolute atomic E-state index is 0.00177. The van der Waals surface area contributed by atoms with Crippen molar-refractivity contribution >= 4 is 45.1 Å². The Morgan fingerprint density at radius 3 is 2.36 bits per heavy atom. The fraction of sp³-hybridized carbons (Fsp3) is 0.467. The Labute approximate surface area is 359 Å². The van der Waals surface area contributed by atoms with E-state index >= 15 is 0 Å². The third-order valence-electron chi connectivity index (χ3n) is 12.5. The lowest BCUT2D eigenvalue weighted by Gasteiger charge is -2.33. The summed E-state index contributed by atoms with van der Waals surface area (Å²) in [6.45, 7) is 14.3. The van der Waals surface area contributed by atoms with Crippen LogP contribution >= 0.6 is 11.3 Å². The number of aromatic nitrogens is 4. The number of nitrogen functional groups attached to an aromatic ring is 1. The number of morpholine rings is 1. The van der Waals surface area contributed by atoms with Crippen molar-refractivity contribution in [3.05, 3.63) is 81.5 Å². The molecule has 0 aliphatic carbocycles. The molecule has 2 amide bonds. The van der Waals surface area contributed by atoms with Crippen LogP contribution in [0.2, 0.25) is 0 Å². The van der Waals surface area contributed by atoms with Crippen LogP contribution in [-0.2, 0) is 35.7 Å². The Balaban J connectivity index is 0.778. The van der Waals surface area contributed by atoms with Crippen molar-refractivity contribution in [3.63, 3.8) is 0 Å². The number of phenols is 2. The van der Waals surface area contributed by atoms with Crippen LogP contribution in [-0.4, -0.2) is 127 Å². The number of thiophene rings is 1. The summed E-state index contributed by atoms with van der Waals surface area (Å²) in [5, 5.41) is 20.8. The topological polar surface area (TPSA) is 178 Å². The van der Waals surface area contributed by atoms with Gasteiger partial charge in [-0.15, -0.1) is 11.3 Å². The van der Waals surface area contributed by atoms with Crippen molar-refractivity contribution in [2.75, 3.05) is 76.2 Å². The number of hydrogen-bond donors (Lipinski definition) is 3. The van der Waals surface area contributed by atoms with Gasteiger partial charge in [0.2, 0.25) is 11.9 Å². The number of ether oxygens (including phenoxy) is 1.